The largest absolute Gasteiger partial charge is 0.454 e. The molecule has 2 unspecified atom stereocenters. The molecule has 4 rings (SSSR count). The fourth-order valence-corrected chi connectivity index (χ4v) is 3.13. The normalized spacial score (nSPS) is 29.6. The van der Waals surface area contributed by atoms with Crippen LogP contribution in [0.25, 0.3) is 0 Å². The van der Waals surface area contributed by atoms with E-state index in [0.29, 0.717) is 22.4 Å². The molecule has 0 saturated carbocycles. The van der Waals surface area contributed by atoms with E-state index >= 15 is 0 Å². The minimum absolute atomic E-state index is 0.295. The standard InChI is InChI=1S/C16H12O4/c1-9-6-7-12-13(8-9)20-16(19)11-5-3-2-4-10(11)14(17)15(12,16)18/h2-8,18-19H,1H3. The van der Waals surface area contributed by atoms with Gasteiger partial charge >= 0.3 is 0 Å². The van der Waals surface area contributed by atoms with Crippen molar-refractivity contribution in [1.29, 1.82) is 0 Å². The molecule has 2 aromatic rings. The predicted octanol–water partition coefficient (Wildman–Crippen LogP) is 1.62. The zero-order chi connectivity index (χ0) is 14.1. The summed E-state index contributed by atoms with van der Waals surface area (Å²) in [6, 6.07) is 11.7. The van der Waals surface area contributed by atoms with Crippen LogP contribution < -0.4 is 4.74 Å². The number of aryl methyl sites for hydroxylation is 1. The molecule has 1 heterocycles. The van der Waals surface area contributed by atoms with Gasteiger partial charge in [0.25, 0.3) is 5.79 Å². The van der Waals surface area contributed by atoms with Gasteiger partial charge in [0.15, 0.2) is 0 Å². The molecule has 4 heteroatoms. The second-order valence-electron chi connectivity index (χ2n) is 5.33. The van der Waals surface area contributed by atoms with E-state index in [1.165, 1.54) is 0 Å². The molecule has 2 atom stereocenters. The number of benzene rings is 2. The summed E-state index contributed by atoms with van der Waals surface area (Å²) < 4.78 is 5.58. The minimum Gasteiger partial charge on any atom is -0.454 e. The highest BCUT2D eigenvalue weighted by atomic mass is 16.7. The van der Waals surface area contributed by atoms with Crippen LogP contribution in [-0.4, -0.2) is 16.0 Å². The third-order valence-electron chi connectivity index (χ3n) is 4.14. The van der Waals surface area contributed by atoms with Crippen molar-refractivity contribution in [3.8, 4) is 5.75 Å². The van der Waals surface area contributed by atoms with Gasteiger partial charge in [0.05, 0.1) is 0 Å². The van der Waals surface area contributed by atoms with E-state index in [0.717, 1.165) is 5.56 Å². The average molecular weight is 268 g/mol. The Morgan fingerprint density at radius 1 is 1.05 bits per heavy atom. The number of carbonyl (C=O) groups excluding carboxylic acids is 1. The Labute approximate surface area is 115 Å². The fourth-order valence-electron chi connectivity index (χ4n) is 3.13. The van der Waals surface area contributed by atoms with E-state index in [4.69, 9.17) is 4.74 Å². The van der Waals surface area contributed by atoms with E-state index in [9.17, 15) is 15.0 Å². The minimum atomic E-state index is -2.07. The Hall–Kier alpha value is -2.17. The maximum atomic E-state index is 12.6. The van der Waals surface area contributed by atoms with Gasteiger partial charge in [0.1, 0.15) is 5.75 Å². The zero-order valence-corrected chi connectivity index (χ0v) is 10.8. The Bertz CT molecular complexity index is 767. The molecule has 20 heavy (non-hydrogen) atoms. The first kappa shape index (κ1) is 11.6. The maximum Gasteiger partial charge on any atom is 0.276 e. The molecular weight excluding hydrogens is 256 g/mol. The number of ether oxygens (including phenoxy) is 1. The monoisotopic (exact) mass is 268 g/mol. The molecule has 0 bridgehead atoms. The third-order valence-corrected chi connectivity index (χ3v) is 4.14. The molecule has 0 amide bonds. The van der Waals surface area contributed by atoms with Crippen molar-refractivity contribution in [2.75, 3.05) is 0 Å². The van der Waals surface area contributed by atoms with Crippen LogP contribution in [0.2, 0.25) is 0 Å². The van der Waals surface area contributed by atoms with E-state index in [1.807, 2.05) is 6.92 Å². The van der Waals surface area contributed by atoms with Crippen molar-refractivity contribution >= 4 is 5.78 Å². The Balaban J connectivity index is 2.05. The third kappa shape index (κ3) is 1.04. The van der Waals surface area contributed by atoms with Crippen LogP contribution in [0.15, 0.2) is 42.5 Å². The summed E-state index contributed by atoms with van der Waals surface area (Å²) in [5.74, 6) is -2.23. The molecule has 0 radical (unpaired) electrons. The van der Waals surface area contributed by atoms with Crippen molar-refractivity contribution in [2.45, 2.75) is 18.3 Å². The number of rotatable bonds is 0. The number of carbonyl (C=O) groups is 1. The molecule has 0 saturated heterocycles. The molecule has 2 aromatic carbocycles. The average Bonchev–Trinajstić information content (AvgIpc) is 2.76. The van der Waals surface area contributed by atoms with Crippen LogP contribution in [0.4, 0.5) is 0 Å². The van der Waals surface area contributed by atoms with E-state index in [2.05, 4.69) is 0 Å². The maximum absolute atomic E-state index is 12.6. The van der Waals surface area contributed by atoms with Crippen molar-refractivity contribution in [1.82, 2.24) is 0 Å². The number of hydrogen-bond acceptors (Lipinski definition) is 4. The molecule has 4 nitrogen and oxygen atoms in total. The first-order chi connectivity index (χ1) is 9.48. The van der Waals surface area contributed by atoms with Crippen molar-refractivity contribution in [3.05, 3.63) is 64.7 Å². The van der Waals surface area contributed by atoms with Crippen molar-refractivity contribution in [3.63, 3.8) is 0 Å². The lowest BCUT2D eigenvalue weighted by Crippen LogP contribution is -2.48. The summed E-state index contributed by atoms with van der Waals surface area (Å²) in [6.45, 7) is 1.88. The Morgan fingerprint density at radius 2 is 1.80 bits per heavy atom. The second-order valence-corrected chi connectivity index (χ2v) is 5.33. The van der Waals surface area contributed by atoms with Crippen LogP contribution in [0.1, 0.15) is 27.0 Å². The smallest absolute Gasteiger partial charge is 0.276 e. The first-order valence-corrected chi connectivity index (χ1v) is 6.37. The van der Waals surface area contributed by atoms with Crippen LogP contribution in [0.5, 0.6) is 5.75 Å². The fraction of sp³-hybridized carbons (Fsp3) is 0.188. The highest BCUT2D eigenvalue weighted by molar-refractivity contribution is 6.09. The van der Waals surface area contributed by atoms with E-state index in [1.54, 1.807) is 42.5 Å². The SMILES string of the molecule is Cc1ccc2c(c1)OC1(O)c3ccccc3C(=O)C21O. The number of Topliss-reactive ketones (excluding diaryl/α,β-unsaturated/α-hetero) is 1. The lowest BCUT2D eigenvalue weighted by Gasteiger charge is -2.28. The summed E-state index contributed by atoms with van der Waals surface area (Å²) >= 11 is 0. The van der Waals surface area contributed by atoms with Gasteiger partial charge in [-0.1, -0.05) is 36.4 Å². The molecule has 0 aromatic heterocycles. The van der Waals surface area contributed by atoms with Crippen molar-refractivity contribution in [2.24, 2.45) is 0 Å². The molecule has 1 aliphatic carbocycles. The molecule has 0 fully saturated rings. The summed E-state index contributed by atoms with van der Waals surface area (Å²) in [6.07, 6.45) is 0. The Morgan fingerprint density at radius 3 is 2.60 bits per heavy atom. The summed E-state index contributed by atoms with van der Waals surface area (Å²) in [5.41, 5.74) is -0.228. The van der Waals surface area contributed by atoms with Gasteiger partial charge in [0.2, 0.25) is 11.4 Å². The van der Waals surface area contributed by atoms with Gasteiger partial charge in [-0.2, -0.15) is 0 Å². The Kier molecular flexibility index (Phi) is 1.91. The summed E-state index contributed by atoms with van der Waals surface area (Å²) in [7, 11) is 0. The second kappa shape index (κ2) is 3.29. The van der Waals surface area contributed by atoms with Crippen LogP contribution in [-0.2, 0) is 11.4 Å². The summed E-state index contributed by atoms with van der Waals surface area (Å²) in [4.78, 5) is 12.6. The lowest BCUT2D eigenvalue weighted by atomic mass is 9.87. The quantitative estimate of drug-likeness (QED) is 0.762. The van der Waals surface area contributed by atoms with Gasteiger partial charge in [0, 0.05) is 16.7 Å². The summed E-state index contributed by atoms with van der Waals surface area (Å²) in [5, 5.41) is 21.7. The van der Waals surface area contributed by atoms with Gasteiger partial charge in [-0.05, 0) is 18.6 Å². The number of fused-ring (bicyclic) bond motifs is 5. The molecule has 0 spiro atoms. The van der Waals surface area contributed by atoms with Gasteiger partial charge in [-0.25, -0.2) is 0 Å². The van der Waals surface area contributed by atoms with Crippen LogP contribution in [0, 0.1) is 6.92 Å². The lowest BCUT2D eigenvalue weighted by molar-refractivity contribution is -0.224. The highest BCUT2D eigenvalue weighted by Crippen LogP contribution is 2.57. The van der Waals surface area contributed by atoms with Gasteiger partial charge in [-0.3, -0.25) is 4.79 Å². The number of aliphatic hydroxyl groups is 2. The highest BCUT2D eigenvalue weighted by Gasteiger charge is 2.70. The number of ketones is 1. The first-order valence-electron chi connectivity index (χ1n) is 6.37. The van der Waals surface area contributed by atoms with E-state index in [-0.39, 0.29) is 0 Å². The van der Waals surface area contributed by atoms with Crippen molar-refractivity contribution < 1.29 is 19.7 Å². The molecule has 100 valence electrons. The van der Waals surface area contributed by atoms with Crippen LogP contribution >= 0.6 is 0 Å². The molecule has 2 N–H and O–H groups in total. The molecule has 1 aliphatic heterocycles. The predicted molar refractivity (Wildman–Crippen MR) is 70.4 cm³/mol. The van der Waals surface area contributed by atoms with Gasteiger partial charge in [-0.15, -0.1) is 0 Å². The van der Waals surface area contributed by atoms with Gasteiger partial charge < -0.3 is 14.9 Å². The zero-order valence-electron chi connectivity index (χ0n) is 10.8. The van der Waals surface area contributed by atoms with E-state index < -0.39 is 17.2 Å². The molecular formula is C16H12O4. The van der Waals surface area contributed by atoms with Crippen LogP contribution in [0.3, 0.4) is 0 Å². The molecule has 2 aliphatic rings. The number of hydrogen-bond donors (Lipinski definition) is 2. The topological polar surface area (TPSA) is 66.8 Å².